The number of carbonyl (C=O) groups is 2. The van der Waals surface area contributed by atoms with Crippen LogP contribution in [0.3, 0.4) is 0 Å². The summed E-state index contributed by atoms with van der Waals surface area (Å²) >= 11 is 4.61. The van der Waals surface area contributed by atoms with Crippen molar-refractivity contribution in [2.24, 2.45) is 0 Å². The van der Waals surface area contributed by atoms with Gasteiger partial charge in [-0.2, -0.15) is 0 Å². The molecule has 10 heteroatoms. The quantitative estimate of drug-likeness (QED) is 0.378. The Balaban J connectivity index is 1.58. The monoisotopic (exact) mass is 448 g/mol. The molecule has 0 aliphatic carbocycles. The maximum atomic E-state index is 12.5. The molecular formula is C19H20N4O3S3. The molecule has 0 fully saturated rings. The SMILES string of the molecule is COc1ccc(C(CC(=O)Nc2nnc(SCc3cccs3)s2)NC(C)=O)cc1. The summed E-state index contributed by atoms with van der Waals surface area (Å²) in [4.78, 5) is 25.3. The Morgan fingerprint density at radius 3 is 2.66 bits per heavy atom. The number of anilines is 1. The third-order valence-electron chi connectivity index (χ3n) is 3.86. The number of nitrogens with zero attached hydrogens (tertiary/aromatic N) is 2. The van der Waals surface area contributed by atoms with Gasteiger partial charge < -0.3 is 15.4 Å². The number of thiophene rings is 1. The molecule has 0 aliphatic rings. The van der Waals surface area contributed by atoms with Crippen molar-refractivity contribution in [3.05, 3.63) is 52.2 Å². The predicted molar refractivity (Wildman–Crippen MR) is 117 cm³/mol. The number of rotatable bonds is 9. The Morgan fingerprint density at radius 2 is 2.00 bits per heavy atom. The first kappa shape index (κ1) is 21.3. The van der Waals surface area contributed by atoms with Gasteiger partial charge in [-0.15, -0.1) is 21.5 Å². The lowest BCUT2D eigenvalue weighted by molar-refractivity contribution is -0.120. The summed E-state index contributed by atoms with van der Waals surface area (Å²) in [6.45, 7) is 1.43. The van der Waals surface area contributed by atoms with Crippen LogP contribution in [0.15, 0.2) is 46.1 Å². The smallest absolute Gasteiger partial charge is 0.228 e. The van der Waals surface area contributed by atoms with Gasteiger partial charge in [-0.1, -0.05) is 41.3 Å². The van der Waals surface area contributed by atoms with Gasteiger partial charge in [-0.25, -0.2) is 0 Å². The van der Waals surface area contributed by atoms with E-state index < -0.39 is 6.04 Å². The summed E-state index contributed by atoms with van der Waals surface area (Å²) < 4.78 is 5.95. The van der Waals surface area contributed by atoms with E-state index in [1.165, 1.54) is 23.1 Å². The van der Waals surface area contributed by atoms with Gasteiger partial charge in [-0.05, 0) is 29.1 Å². The summed E-state index contributed by atoms with van der Waals surface area (Å²) in [5.41, 5.74) is 0.820. The number of methoxy groups -OCH3 is 1. The van der Waals surface area contributed by atoms with Crippen molar-refractivity contribution in [3.8, 4) is 5.75 Å². The van der Waals surface area contributed by atoms with Crippen molar-refractivity contribution in [2.45, 2.75) is 29.5 Å². The summed E-state index contributed by atoms with van der Waals surface area (Å²) in [5, 5.41) is 16.2. The van der Waals surface area contributed by atoms with E-state index in [0.29, 0.717) is 10.9 Å². The Hall–Kier alpha value is -2.43. The van der Waals surface area contributed by atoms with Gasteiger partial charge in [0.15, 0.2) is 4.34 Å². The van der Waals surface area contributed by atoms with Gasteiger partial charge in [-0.3, -0.25) is 9.59 Å². The van der Waals surface area contributed by atoms with Gasteiger partial charge >= 0.3 is 0 Å². The van der Waals surface area contributed by atoms with E-state index >= 15 is 0 Å². The second-order valence-corrected chi connectivity index (χ2v) is 9.25. The number of benzene rings is 1. The maximum Gasteiger partial charge on any atom is 0.228 e. The fourth-order valence-electron chi connectivity index (χ4n) is 2.54. The van der Waals surface area contributed by atoms with Crippen molar-refractivity contribution < 1.29 is 14.3 Å². The Morgan fingerprint density at radius 1 is 1.21 bits per heavy atom. The van der Waals surface area contributed by atoms with E-state index in [1.54, 1.807) is 42.3 Å². The molecule has 0 bridgehead atoms. The number of carbonyl (C=O) groups excluding carboxylic acids is 2. The molecule has 3 aromatic rings. The van der Waals surface area contributed by atoms with Crippen molar-refractivity contribution in [3.63, 3.8) is 0 Å². The van der Waals surface area contributed by atoms with E-state index in [2.05, 4.69) is 26.9 Å². The lowest BCUT2D eigenvalue weighted by Crippen LogP contribution is -2.29. The van der Waals surface area contributed by atoms with Crippen LogP contribution >= 0.6 is 34.4 Å². The zero-order valence-corrected chi connectivity index (χ0v) is 18.3. The fraction of sp³-hybridized carbons (Fsp3) is 0.263. The van der Waals surface area contributed by atoms with E-state index in [-0.39, 0.29) is 18.2 Å². The van der Waals surface area contributed by atoms with Crippen LogP contribution < -0.4 is 15.4 Å². The zero-order valence-electron chi connectivity index (χ0n) is 15.9. The largest absolute Gasteiger partial charge is 0.497 e. The normalized spacial score (nSPS) is 11.7. The number of hydrogen-bond acceptors (Lipinski definition) is 8. The van der Waals surface area contributed by atoms with E-state index in [0.717, 1.165) is 15.7 Å². The molecule has 0 radical (unpaired) electrons. The van der Waals surface area contributed by atoms with Gasteiger partial charge in [0.2, 0.25) is 16.9 Å². The van der Waals surface area contributed by atoms with Crippen LogP contribution in [0, 0.1) is 0 Å². The molecule has 1 atom stereocenters. The van der Waals surface area contributed by atoms with Gasteiger partial charge in [0.05, 0.1) is 19.6 Å². The summed E-state index contributed by atoms with van der Waals surface area (Å²) in [6, 6.07) is 10.9. The molecule has 2 heterocycles. The molecule has 152 valence electrons. The molecule has 7 nitrogen and oxygen atoms in total. The van der Waals surface area contributed by atoms with Gasteiger partial charge in [0.1, 0.15) is 5.75 Å². The highest BCUT2D eigenvalue weighted by Crippen LogP contribution is 2.30. The summed E-state index contributed by atoms with van der Waals surface area (Å²) in [5.74, 6) is 1.08. The Labute approximate surface area is 180 Å². The average molecular weight is 449 g/mol. The molecular weight excluding hydrogens is 428 g/mol. The number of nitrogens with one attached hydrogen (secondary N) is 2. The number of amides is 2. The van der Waals surface area contributed by atoms with E-state index in [1.807, 2.05) is 23.6 Å². The van der Waals surface area contributed by atoms with Crippen LogP contribution in [0.4, 0.5) is 5.13 Å². The van der Waals surface area contributed by atoms with E-state index in [4.69, 9.17) is 4.74 Å². The molecule has 1 unspecified atom stereocenters. The summed E-state index contributed by atoms with van der Waals surface area (Å²) in [7, 11) is 1.59. The number of thioether (sulfide) groups is 1. The molecule has 3 rings (SSSR count). The number of hydrogen-bond donors (Lipinski definition) is 2. The van der Waals surface area contributed by atoms with Crippen molar-refractivity contribution in [1.82, 2.24) is 15.5 Å². The van der Waals surface area contributed by atoms with Crippen LogP contribution in [0.25, 0.3) is 0 Å². The molecule has 0 saturated carbocycles. The lowest BCUT2D eigenvalue weighted by Gasteiger charge is -2.18. The van der Waals surface area contributed by atoms with E-state index in [9.17, 15) is 9.59 Å². The molecule has 0 spiro atoms. The van der Waals surface area contributed by atoms with Crippen LogP contribution in [0.5, 0.6) is 5.75 Å². The molecule has 1 aromatic carbocycles. The van der Waals surface area contributed by atoms with Gasteiger partial charge in [0.25, 0.3) is 0 Å². The third-order valence-corrected chi connectivity index (χ3v) is 6.94. The zero-order chi connectivity index (χ0) is 20.6. The highest BCUT2D eigenvalue weighted by Gasteiger charge is 2.18. The first-order valence-electron chi connectivity index (χ1n) is 8.73. The highest BCUT2D eigenvalue weighted by molar-refractivity contribution is 8.00. The highest BCUT2D eigenvalue weighted by atomic mass is 32.2. The average Bonchev–Trinajstić information content (AvgIpc) is 3.37. The molecule has 29 heavy (non-hydrogen) atoms. The molecule has 0 saturated heterocycles. The Bertz CT molecular complexity index is 942. The molecule has 2 aromatic heterocycles. The van der Waals surface area contributed by atoms with Crippen LogP contribution in [-0.2, 0) is 15.3 Å². The molecule has 0 aliphatic heterocycles. The van der Waals surface area contributed by atoms with Crippen molar-refractivity contribution >= 4 is 51.4 Å². The minimum absolute atomic E-state index is 0.0865. The minimum Gasteiger partial charge on any atom is -0.497 e. The van der Waals surface area contributed by atoms with Crippen LogP contribution in [-0.4, -0.2) is 29.1 Å². The van der Waals surface area contributed by atoms with Crippen LogP contribution in [0.2, 0.25) is 0 Å². The predicted octanol–water partition coefficient (Wildman–Crippen LogP) is 4.11. The van der Waals surface area contributed by atoms with Crippen molar-refractivity contribution in [1.29, 1.82) is 0 Å². The standard InChI is InChI=1S/C19H20N4O3S3/c1-12(24)20-16(13-5-7-14(26-2)8-6-13)10-17(25)21-18-22-23-19(29-18)28-11-15-4-3-9-27-15/h3-9,16H,10-11H2,1-2H3,(H,20,24)(H,21,22,25). The number of aromatic nitrogens is 2. The third kappa shape index (κ3) is 6.55. The van der Waals surface area contributed by atoms with Crippen LogP contribution in [0.1, 0.15) is 29.8 Å². The summed E-state index contributed by atoms with van der Waals surface area (Å²) in [6.07, 6.45) is 0.0865. The second kappa shape index (κ2) is 10.4. The van der Waals surface area contributed by atoms with Crippen molar-refractivity contribution in [2.75, 3.05) is 12.4 Å². The molecule has 2 N–H and O–H groups in total. The minimum atomic E-state index is -0.445. The topological polar surface area (TPSA) is 93.2 Å². The molecule has 2 amide bonds. The first-order valence-corrected chi connectivity index (χ1v) is 11.4. The second-order valence-electron chi connectivity index (χ2n) is 6.02. The number of ether oxygens (including phenoxy) is 1. The first-order chi connectivity index (χ1) is 14.0. The lowest BCUT2D eigenvalue weighted by atomic mass is 10.0. The fourth-order valence-corrected chi connectivity index (χ4v) is 5.08. The Kier molecular flexibility index (Phi) is 7.62. The maximum absolute atomic E-state index is 12.5. The van der Waals surface area contributed by atoms with Gasteiger partial charge in [0, 0.05) is 17.6 Å².